The molecule has 166 valence electrons. The van der Waals surface area contributed by atoms with Crippen molar-refractivity contribution in [3.05, 3.63) is 66.1 Å². The molecule has 1 fully saturated rings. The normalized spacial score (nSPS) is 14.5. The van der Waals surface area contributed by atoms with Crippen LogP contribution in [0.2, 0.25) is 0 Å². The maximum atomic E-state index is 11.6. The highest BCUT2D eigenvalue weighted by Crippen LogP contribution is 2.28. The molecule has 0 bridgehead atoms. The van der Waals surface area contributed by atoms with E-state index in [1.54, 1.807) is 6.07 Å². The molecule has 0 radical (unpaired) electrons. The molecule has 1 aliphatic heterocycles. The molecule has 1 aromatic carbocycles. The topological polar surface area (TPSA) is 114 Å². The van der Waals surface area contributed by atoms with Crippen LogP contribution < -0.4 is 10.1 Å². The van der Waals surface area contributed by atoms with Gasteiger partial charge in [0.15, 0.2) is 14.9 Å². The molecule has 4 rings (SSSR count). The van der Waals surface area contributed by atoms with Gasteiger partial charge in [-0.3, -0.25) is 4.90 Å². The average Bonchev–Trinajstić information content (AvgIpc) is 2.75. The summed E-state index contributed by atoms with van der Waals surface area (Å²) >= 11 is 0. The Morgan fingerprint density at radius 3 is 2.56 bits per heavy atom. The van der Waals surface area contributed by atoms with Crippen LogP contribution >= 0.6 is 0 Å². The number of carbonyl (C=O) groups excluding carboxylic acids is 1. The van der Waals surface area contributed by atoms with Crippen molar-refractivity contribution in [2.75, 3.05) is 24.7 Å². The summed E-state index contributed by atoms with van der Waals surface area (Å²) in [5, 5.41) is 3.05. The van der Waals surface area contributed by atoms with E-state index in [0.717, 1.165) is 32.2 Å². The van der Waals surface area contributed by atoms with E-state index in [9.17, 15) is 13.2 Å². The highest BCUT2D eigenvalue weighted by molar-refractivity contribution is 7.90. The minimum atomic E-state index is -3.39. The fourth-order valence-corrected chi connectivity index (χ4v) is 3.97. The van der Waals surface area contributed by atoms with Gasteiger partial charge < -0.3 is 14.8 Å². The lowest BCUT2D eigenvalue weighted by Gasteiger charge is -2.39. The van der Waals surface area contributed by atoms with E-state index in [2.05, 4.69) is 37.3 Å². The Morgan fingerprint density at radius 1 is 1.12 bits per heavy atom. The van der Waals surface area contributed by atoms with Gasteiger partial charge in [-0.2, -0.15) is 0 Å². The van der Waals surface area contributed by atoms with Crippen LogP contribution in [0.25, 0.3) is 0 Å². The zero-order chi connectivity index (χ0) is 22.6. The fraction of sp³-hybridized carbons (Fsp3) is 0.273. The second-order valence-corrected chi connectivity index (χ2v) is 9.54. The van der Waals surface area contributed by atoms with Gasteiger partial charge in [0.05, 0.1) is 17.4 Å². The Balaban J connectivity index is 1.43. The molecule has 1 N–H and O–H groups in total. The summed E-state index contributed by atoms with van der Waals surface area (Å²) < 4.78 is 29.2. The van der Waals surface area contributed by atoms with Crippen LogP contribution in [0.1, 0.15) is 11.1 Å². The summed E-state index contributed by atoms with van der Waals surface area (Å²) in [5.41, 5.74) is 2.32. The molecular formula is C22H23N5O4S. The third-order valence-corrected chi connectivity index (χ3v) is 6.02. The number of hydrogen-bond acceptors (Lipinski definition) is 9. The lowest BCUT2D eigenvalue weighted by atomic mass is 10.1. The summed E-state index contributed by atoms with van der Waals surface area (Å²) in [6.45, 7) is 2.38. The first kappa shape index (κ1) is 21.8. The van der Waals surface area contributed by atoms with Crippen LogP contribution in [0.5, 0.6) is 5.88 Å². The number of nitrogens with one attached hydrogen (secondary N) is 1. The fourth-order valence-electron chi connectivity index (χ4n) is 3.41. The Morgan fingerprint density at radius 2 is 1.91 bits per heavy atom. The van der Waals surface area contributed by atoms with Gasteiger partial charge in [0.2, 0.25) is 5.88 Å². The third-order valence-electron chi connectivity index (χ3n) is 5.02. The van der Waals surface area contributed by atoms with Gasteiger partial charge in [0.25, 0.3) is 0 Å². The van der Waals surface area contributed by atoms with Crippen LogP contribution in [0.3, 0.4) is 0 Å². The number of ether oxygens (including phenoxy) is 1. The second kappa shape index (κ2) is 9.41. The van der Waals surface area contributed by atoms with E-state index >= 15 is 0 Å². The Kier molecular flexibility index (Phi) is 6.42. The van der Waals surface area contributed by atoms with Gasteiger partial charge in [0.1, 0.15) is 24.5 Å². The monoisotopic (exact) mass is 453 g/mol. The smallest absolute Gasteiger partial charge is 0.222 e. The van der Waals surface area contributed by atoms with Gasteiger partial charge in [-0.15, -0.1) is 0 Å². The Hall–Kier alpha value is -3.37. The van der Waals surface area contributed by atoms with Crippen LogP contribution in [-0.4, -0.2) is 60.0 Å². The van der Waals surface area contributed by atoms with E-state index in [-0.39, 0.29) is 17.6 Å². The maximum Gasteiger partial charge on any atom is 0.222 e. The summed E-state index contributed by atoms with van der Waals surface area (Å²) in [6.07, 6.45) is 4.68. The van der Waals surface area contributed by atoms with Crippen molar-refractivity contribution in [2.45, 2.75) is 24.1 Å². The summed E-state index contributed by atoms with van der Waals surface area (Å²) in [6, 6.07) is 13.2. The second-order valence-electron chi connectivity index (χ2n) is 7.58. The van der Waals surface area contributed by atoms with Crippen LogP contribution in [-0.2, 0) is 27.6 Å². The first-order valence-electron chi connectivity index (χ1n) is 10.1. The zero-order valence-electron chi connectivity index (χ0n) is 17.5. The molecule has 1 saturated heterocycles. The molecule has 3 aromatic rings. The number of rotatable bonds is 9. The van der Waals surface area contributed by atoms with Gasteiger partial charge in [-0.25, -0.2) is 23.4 Å². The van der Waals surface area contributed by atoms with E-state index in [4.69, 9.17) is 4.74 Å². The van der Waals surface area contributed by atoms with Crippen LogP contribution in [0.4, 0.5) is 11.5 Å². The van der Waals surface area contributed by atoms with Crippen molar-refractivity contribution in [2.24, 2.45) is 0 Å². The predicted molar refractivity (Wildman–Crippen MR) is 119 cm³/mol. The standard InChI is InChI=1S/C22H23N5O4S/c1-32(29,30)20-8-7-17(11-23-20)26-21-19(9-10-28)22(25-15-24-21)31-18-13-27(14-18)12-16-5-3-2-4-6-16/h2-8,10-11,15,18H,9,12-14H2,1H3,(H,24,25,26). The highest BCUT2D eigenvalue weighted by Gasteiger charge is 2.29. The molecule has 32 heavy (non-hydrogen) atoms. The molecular weight excluding hydrogens is 430 g/mol. The third kappa shape index (κ3) is 5.27. The molecule has 10 heteroatoms. The van der Waals surface area contributed by atoms with Gasteiger partial charge >= 0.3 is 0 Å². The van der Waals surface area contributed by atoms with Gasteiger partial charge in [-0.1, -0.05) is 30.3 Å². The van der Waals surface area contributed by atoms with E-state index in [1.807, 2.05) is 18.2 Å². The number of anilines is 2. The van der Waals surface area contributed by atoms with Gasteiger partial charge in [-0.05, 0) is 17.7 Å². The number of carbonyl (C=O) groups is 1. The van der Waals surface area contributed by atoms with Crippen LogP contribution in [0.15, 0.2) is 60.0 Å². The first-order valence-corrected chi connectivity index (χ1v) is 11.9. The number of aldehydes is 1. The molecule has 9 nitrogen and oxygen atoms in total. The minimum absolute atomic E-state index is 0.0204. The molecule has 2 aromatic heterocycles. The highest BCUT2D eigenvalue weighted by atomic mass is 32.2. The summed E-state index contributed by atoms with van der Waals surface area (Å²) in [7, 11) is -3.39. The van der Waals surface area contributed by atoms with Crippen molar-refractivity contribution in [3.8, 4) is 5.88 Å². The zero-order valence-corrected chi connectivity index (χ0v) is 18.3. The van der Waals surface area contributed by atoms with E-state index in [1.165, 1.54) is 24.2 Å². The molecule has 3 heterocycles. The molecule has 0 atom stereocenters. The molecule has 0 saturated carbocycles. The Bertz CT molecular complexity index is 1180. The Labute approximate surface area is 186 Å². The SMILES string of the molecule is CS(=O)(=O)c1ccc(Nc2ncnc(OC3CN(Cc4ccccc4)C3)c2CC=O)cn1. The van der Waals surface area contributed by atoms with Crippen molar-refractivity contribution in [3.63, 3.8) is 0 Å². The predicted octanol–water partition coefficient (Wildman–Crippen LogP) is 2.02. The molecule has 0 unspecified atom stereocenters. The van der Waals surface area contributed by atoms with E-state index in [0.29, 0.717) is 22.9 Å². The lowest BCUT2D eigenvalue weighted by Crippen LogP contribution is -2.53. The molecule has 1 aliphatic rings. The number of nitrogens with zero attached hydrogens (tertiary/aromatic N) is 4. The molecule has 0 amide bonds. The van der Waals surface area contributed by atoms with Crippen LogP contribution in [0, 0.1) is 0 Å². The number of likely N-dealkylation sites (tertiary alicyclic amines) is 1. The quantitative estimate of drug-likeness (QED) is 0.486. The van der Waals surface area contributed by atoms with E-state index < -0.39 is 9.84 Å². The van der Waals surface area contributed by atoms with Crippen molar-refractivity contribution in [1.29, 1.82) is 0 Å². The minimum Gasteiger partial charge on any atom is -0.471 e. The molecule has 0 spiro atoms. The molecule has 0 aliphatic carbocycles. The van der Waals surface area contributed by atoms with Crippen molar-refractivity contribution in [1.82, 2.24) is 19.9 Å². The number of hydrogen-bond donors (Lipinski definition) is 1. The lowest BCUT2D eigenvalue weighted by molar-refractivity contribution is -0.107. The van der Waals surface area contributed by atoms with Crippen molar-refractivity contribution >= 4 is 27.6 Å². The number of benzene rings is 1. The summed E-state index contributed by atoms with van der Waals surface area (Å²) in [5.74, 6) is 0.774. The number of pyridine rings is 1. The van der Waals surface area contributed by atoms with Gasteiger partial charge in [0, 0.05) is 32.3 Å². The average molecular weight is 454 g/mol. The number of aromatic nitrogens is 3. The maximum absolute atomic E-state index is 11.6. The number of sulfone groups is 1. The van der Waals surface area contributed by atoms with Crippen molar-refractivity contribution < 1.29 is 17.9 Å². The summed E-state index contributed by atoms with van der Waals surface area (Å²) in [4.78, 5) is 26.0. The largest absolute Gasteiger partial charge is 0.471 e. The first-order chi connectivity index (χ1) is 15.4.